The van der Waals surface area contributed by atoms with Gasteiger partial charge in [-0.15, -0.1) is 0 Å². The molecular weight excluding hydrogens is 755 g/mol. The molecule has 1 aliphatic heterocycles. The minimum atomic E-state index is -2.12. The number of alkyl halides is 1. The van der Waals surface area contributed by atoms with Gasteiger partial charge in [-0.1, -0.05) is 25.5 Å². The number of hydrogen-bond donors (Lipinski definition) is 1. The number of esters is 1. The molecule has 7 rings (SSSR count). The number of Topliss-reactive ketones (excluding diaryl/α,β-unsaturated/α-hetero) is 1. The number of halogens is 1. The highest BCUT2D eigenvalue weighted by molar-refractivity contribution is 6.01. The van der Waals surface area contributed by atoms with Crippen LogP contribution >= 0.6 is 0 Å². The van der Waals surface area contributed by atoms with Crippen LogP contribution in [0.15, 0.2) is 60.2 Å². The molecule has 0 saturated heterocycles. The van der Waals surface area contributed by atoms with Gasteiger partial charge in [0.05, 0.1) is 25.4 Å². The van der Waals surface area contributed by atoms with Crippen LogP contribution in [-0.2, 0) is 28.5 Å². The van der Waals surface area contributed by atoms with Crippen LogP contribution in [0.1, 0.15) is 95.4 Å². The summed E-state index contributed by atoms with van der Waals surface area (Å²) >= 11 is 0. The van der Waals surface area contributed by atoms with Crippen molar-refractivity contribution >= 4 is 23.7 Å². The summed E-state index contributed by atoms with van der Waals surface area (Å²) in [5.74, 6) is -3.40. The summed E-state index contributed by atoms with van der Waals surface area (Å²) in [6.45, 7) is 8.06. The van der Waals surface area contributed by atoms with Crippen molar-refractivity contribution in [3.8, 4) is 23.0 Å². The number of allylic oxidation sites excluding steroid dienone is 4. The molecule has 0 radical (unpaired) electrons. The highest BCUT2D eigenvalue weighted by atomic mass is 19.1. The lowest BCUT2D eigenvalue weighted by atomic mass is 9.44. The van der Waals surface area contributed by atoms with E-state index in [-0.39, 0.29) is 48.0 Å². The van der Waals surface area contributed by atoms with E-state index >= 15 is 4.39 Å². The third kappa shape index (κ3) is 6.66. The Bertz CT molecular complexity index is 2040. The summed E-state index contributed by atoms with van der Waals surface area (Å²) in [6.07, 6.45) is 2.41. The predicted molar refractivity (Wildman–Crippen MR) is 204 cm³/mol. The lowest BCUT2D eigenvalue weighted by molar-refractivity contribution is -0.293. The summed E-state index contributed by atoms with van der Waals surface area (Å²) in [5.41, 5.74) is -4.86. The van der Waals surface area contributed by atoms with Gasteiger partial charge >= 0.3 is 12.1 Å². The van der Waals surface area contributed by atoms with E-state index in [0.717, 1.165) is 0 Å². The number of carbonyl (C=O) groups is 4. The van der Waals surface area contributed by atoms with Gasteiger partial charge in [0.15, 0.2) is 35.3 Å². The van der Waals surface area contributed by atoms with Crippen LogP contribution < -0.4 is 18.9 Å². The van der Waals surface area contributed by atoms with E-state index in [1.807, 2.05) is 13.8 Å². The summed E-state index contributed by atoms with van der Waals surface area (Å²) < 4.78 is 63.8. The standard InChI is InChI=1S/C44H51FO13/c1-8-19-53-37(49)26-20-32-36(57-38(55-32)25-9-12-29(51-6)13-10-25)33(21-26)56-39(50)54-24-35(48)43(58-40(2,3)52-7)18-16-30-31-14-11-27-22-28(46)15-17-41(27,4)44(31,45)34(47)23-42(30,43)5/h9-10,12-13,15,17,20-22,30-31,34,38,47H,8,11,14,16,18-19,23-24H2,1-7H3. The first-order valence-corrected chi connectivity index (χ1v) is 19.7. The Morgan fingerprint density at radius 2 is 1.76 bits per heavy atom. The Labute approximate surface area is 336 Å². The fraction of sp³-hybridized carbons (Fsp3) is 0.545. The van der Waals surface area contributed by atoms with Crippen molar-refractivity contribution in [2.75, 3.05) is 27.4 Å². The number of aliphatic hydroxyl groups excluding tert-OH is 1. The monoisotopic (exact) mass is 806 g/mol. The fourth-order valence-corrected chi connectivity index (χ4v) is 10.1. The van der Waals surface area contributed by atoms with Crippen LogP contribution in [0.5, 0.6) is 23.0 Å². The molecule has 312 valence electrons. The van der Waals surface area contributed by atoms with Crippen molar-refractivity contribution in [2.45, 2.75) is 103 Å². The van der Waals surface area contributed by atoms with Gasteiger partial charge in [0.1, 0.15) is 11.4 Å². The number of aliphatic hydroxyl groups is 1. The van der Waals surface area contributed by atoms with Gasteiger partial charge in [0.2, 0.25) is 11.5 Å². The van der Waals surface area contributed by atoms with E-state index < -0.39 is 76.6 Å². The van der Waals surface area contributed by atoms with E-state index in [0.29, 0.717) is 42.6 Å². The second kappa shape index (κ2) is 15.1. The van der Waals surface area contributed by atoms with Gasteiger partial charge in [-0.2, -0.15) is 0 Å². The zero-order valence-corrected chi connectivity index (χ0v) is 33.9. The fourth-order valence-electron chi connectivity index (χ4n) is 10.1. The minimum absolute atomic E-state index is 0.0196. The Morgan fingerprint density at radius 3 is 2.45 bits per heavy atom. The van der Waals surface area contributed by atoms with Crippen LogP contribution in [0.25, 0.3) is 0 Å². The maximum absolute atomic E-state index is 17.8. The number of fused-ring (bicyclic) bond motifs is 6. The molecular formula is C44H51FO13. The van der Waals surface area contributed by atoms with E-state index in [1.165, 1.54) is 31.4 Å². The maximum Gasteiger partial charge on any atom is 0.514 e. The van der Waals surface area contributed by atoms with Crippen LogP contribution in [-0.4, -0.2) is 79.4 Å². The Morgan fingerprint density at radius 1 is 1.02 bits per heavy atom. The average Bonchev–Trinajstić information content (AvgIpc) is 3.76. The van der Waals surface area contributed by atoms with Crippen molar-refractivity contribution in [1.82, 2.24) is 0 Å². The number of carbonyl (C=O) groups excluding carboxylic acids is 4. The van der Waals surface area contributed by atoms with Gasteiger partial charge in [-0.05, 0) is 114 Å². The van der Waals surface area contributed by atoms with Crippen LogP contribution in [0.4, 0.5) is 9.18 Å². The van der Waals surface area contributed by atoms with Gasteiger partial charge in [0, 0.05) is 29.4 Å². The topological polar surface area (TPSA) is 162 Å². The first-order valence-electron chi connectivity index (χ1n) is 19.7. The summed E-state index contributed by atoms with van der Waals surface area (Å²) in [7, 11) is 2.98. The van der Waals surface area contributed by atoms with E-state index in [1.54, 1.807) is 58.2 Å². The molecule has 8 unspecified atom stereocenters. The van der Waals surface area contributed by atoms with E-state index in [9.17, 15) is 24.3 Å². The third-order valence-electron chi connectivity index (χ3n) is 13.2. The van der Waals surface area contributed by atoms with Gasteiger partial charge in [0.25, 0.3) is 6.29 Å². The van der Waals surface area contributed by atoms with Crippen molar-refractivity contribution in [3.63, 3.8) is 0 Å². The Kier molecular flexibility index (Phi) is 10.8. The molecule has 2 aromatic carbocycles. The lowest BCUT2D eigenvalue weighted by Crippen LogP contribution is -2.70. The van der Waals surface area contributed by atoms with Crippen LogP contribution in [0.2, 0.25) is 0 Å². The largest absolute Gasteiger partial charge is 0.514 e. The Balaban J connectivity index is 1.14. The second-order valence-electron chi connectivity index (χ2n) is 16.7. The smallest absolute Gasteiger partial charge is 0.497 e. The minimum Gasteiger partial charge on any atom is -0.497 e. The molecule has 0 aromatic heterocycles. The molecule has 8 atom stereocenters. The van der Waals surface area contributed by atoms with Crippen LogP contribution in [0.3, 0.4) is 0 Å². The molecule has 0 amide bonds. The zero-order chi connectivity index (χ0) is 41.8. The number of methoxy groups -OCH3 is 2. The van der Waals surface area contributed by atoms with Crippen LogP contribution in [0, 0.1) is 22.7 Å². The first-order chi connectivity index (χ1) is 27.4. The molecule has 58 heavy (non-hydrogen) atoms. The number of rotatable bonds is 12. The third-order valence-corrected chi connectivity index (χ3v) is 13.2. The van der Waals surface area contributed by atoms with Gasteiger partial charge < -0.3 is 43.0 Å². The summed E-state index contributed by atoms with van der Waals surface area (Å²) in [6, 6.07) is 9.61. The molecule has 3 fully saturated rings. The molecule has 13 nitrogen and oxygen atoms in total. The molecule has 4 aliphatic carbocycles. The highest BCUT2D eigenvalue weighted by Gasteiger charge is 2.75. The highest BCUT2D eigenvalue weighted by Crippen LogP contribution is 2.70. The van der Waals surface area contributed by atoms with Crippen molar-refractivity contribution in [1.29, 1.82) is 0 Å². The second-order valence-corrected chi connectivity index (χ2v) is 16.7. The van der Waals surface area contributed by atoms with Crippen molar-refractivity contribution in [2.24, 2.45) is 22.7 Å². The predicted octanol–water partition coefficient (Wildman–Crippen LogP) is 7.33. The first kappa shape index (κ1) is 41.4. The maximum atomic E-state index is 17.8. The Hall–Kier alpha value is -4.79. The molecule has 1 N–H and O–H groups in total. The number of benzene rings is 2. The SMILES string of the molecule is CCCOC(=O)c1cc(OC(=O)OCC(=O)C2(OC(C)(C)OC)CCC3C4CCC5=CC(=O)C=CC5(C)C4(F)C(O)CC32C)c2c(c1)OC(c1ccc(OC)cc1)O2. The molecule has 2 aromatic rings. The molecule has 3 saturated carbocycles. The molecule has 0 bridgehead atoms. The van der Waals surface area contributed by atoms with E-state index in [4.69, 9.17) is 37.9 Å². The summed E-state index contributed by atoms with van der Waals surface area (Å²) in [5, 5.41) is 11.9. The molecule has 5 aliphatic rings. The average molecular weight is 807 g/mol. The van der Waals surface area contributed by atoms with Gasteiger partial charge in [-0.25, -0.2) is 14.0 Å². The number of ketones is 2. The number of hydrogen-bond acceptors (Lipinski definition) is 13. The molecule has 14 heteroatoms. The molecule has 0 spiro atoms. The zero-order valence-electron chi connectivity index (χ0n) is 33.9. The normalized spacial score (nSPS) is 32.0. The number of ether oxygens (including phenoxy) is 8. The van der Waals surface area contributed by atoms with Crippen molar-refractivity contribution in [3.05, 3.63) is 71.3 Å². The molecule has 1 heterocycles. The van der Waals surface area contributed by atoms with Crippen molar-refractivity contribution < 1.29 is 66.6 Å². The summed E-state index contributed by atoms with van der Waals surface area (Å²) in [4.78, 5) is 53.4. The van der Waals surface area contributed by atoms with Gasteiger partial charge in [-0.3, -0.25) is 9.59 Å². The lowest BCUT2D eigenvalue weighted by Gasteiger charge is -2.63. The van der Waals surface area contributed by atoms with E-state index in [2.05, 4.69) is 0 Å². The quantitative estimate of drug-likeness (QED) is 0.129.